The molecule has 0 radical (unpaired) electrons. The van der Waals surface area contributed by atoms with E-state index in [0.717, 1.165) is 0 Å². The summed E-state index contributed by atoms with van der Waals surface area (Å²) in [4.78, 5) is -1.90. The average molecular weight is 588 g/mol. The molecule has 0 unspecified atom stereocenters. The van der Waals surface area contributed by atoms with Crippen molar-refractivity contribution in [1.82, 2.24) is 0 Å². The van der Waals surface area contributed by atoms with Gasteiger partial charge in [0.15, 0.2) is 32.3 Å². The third-order valence-corrected chi connectivity index (χ3v) is 18.6. The molecule has 0 heterocycles. The Hall–Kier alpha value is -2.31. The van der Waals surface area contributed by atoms with Crippen LogP contribution in [0.25, 0.3) is 0 Å². The van der Waals surface area contributed by atoms with Gasteiger partial charge in [0, 0.05) is 0 Å². The van der Waals surface area contributed by atoms with Gasteiger partial charge in [0.05, 0.1) is 6.66 Å². The monoisotopic (exact) mass is 588 g/mol. The zero-order valence-electron chi connectivity index (χ0n) is 19.1. The predicted molar refractivity (Wildman–Crippen MR) is 164 cm³/mol. The maximum absolute atomic E-state index is 2.81. The fourth-order valence-corrected chi connectivity index (χ4v) is 15.5. The fourth-order valence-electron chi connectivity index (χ4n) is 4.68. The van der Waals surface area contributed by atoms with Crippen molar-refractivity contribution >= 4 is 66.0 Å². The molecule has 166 valence electrons. The highest BCUT2D eigenvalue weighted by Gasteiger charge is 2.52. The second-order valence-electron chi connectivity index (χ2n) is 8.43. The maximum atomic E-state index is 2.81. The molecule has 3 heteroatoms. The van der Waals surface area contributed by atoms with Gasteiger partial charge in [-0.3, -0.25) is 0 Å². The standard InChI is InChI=1S/C31H27IP2/c1-33(26-16-6-2-7-17-26,27-18-8-3-9-19-27)30-24-14-15-25-31(30)34(32,28-20-10-4-11-21-28)29-22-12-5-13-23-29/h2-25H,1H3/q+2. The van der Waals surface area contributed by atoms with Crippen LogP contribution in [0.5, 0.6) is 0 Å². The molecule has 0 N–H and O–H groups in total. The van der Waals surface area contributed by atoms with Gasteiger partial charge in [0.25, 0.3) is 0 Å². The van der Waals surface area contributed by atoms with Gasteiger partial charge in [-0.25, -0.2) is 0 Å². The van der Waals surface area contributed by atoms with E-state index in [1.807, 2.05) is 0 Å². The van der Waals surface area contributed by atoms with E-state index in [-0.39, 0.29) is 0 Å². The summed E-state index contributed by atoms with van der Waals surface area (Å²) in [6.45, 7) is 2.49. The molecule has 0 spiro atoms. The molecule has 0 amide bonds. The van der Waals surface area contributed by atoms with Gasteiger partial charge in [-0.1, -0.05) is 84.9 Å². The van der Waals surface area contributed by atoms with Crippen molar-refractivity contribution in [2.45, 2.75) is 0 Å². The second kappa shape index (κ2) is 10.1. The summed E-state index contributed by atoms with van der Waals surface area (Å²) >= 11 is 2.81. The van der Waals surface area contributed by atoms with Crippen molar-refractivity contribution in [3.63, 3.8) is 0 Å². The first-order chi connectivity index (χ1) is 16.6. The van der Waals surface area contributed by atoms with Gasteiger partial charge in [-0.05, 0) is 60.7 Å². The first-order valence-corrected chi connectivity index (χ1v) is 18.2. The van der Waals surface area contributed by atoms with Gasteiger partial charge in [0.2, 0.25) is 0 Å². The lowest BCUT2D eigenvalue weighted by atomic mass is 10.3. The van der Waals surface area contributed by atoms with Crippen molar-refractivity contribution in [3.05, 3.63) is 146 Å². The van der Waals surface area contributed by atoms with Crippen molar-refractivity contribution in [2.75, 3.05) is 6.66 Å². The highest BCUT2D eigenvalue weighted by atomic mass is 127. The van der Waals surface area contributed by atoms with Gasteiger partial charge in [0.1, 0.15) is 33.8 Å². The SMILES string of the molecule is C[P+](c1ccccc1)(c1ccccc1)c1ccccc1[P+](I)(c1ccccc1)c1ccccc1. The first kappa shape index (κ1) is 23.4. The minimum absolute atomic E-state index is 1.40. The lowest BCUT2D eigenvalue weighted by molar-refractivity contribution is 1.72. The fraction of sp³-hybridized carbons (Fsp3) is 0.0323. The lowest BCUT2D eigenvalue weighted by Gasteiger charge is -2.28. The molecular formula is C31H27IP2+2. The topological polar surface area (TPSA) is 0 Å². The highest BCUT2D eigenvalue weighted by Crippen LogP contribution is 2.65. The largest absolute Gasteiger partial charge is 0.176 e. The van der Waals surface area contributed by atoms with E-state index in [2.05, 4.69) is 174 Å². The van der Waals surface area contributed by atoms with E-state index in [0.29, 0.717) is 0 Å². The molecule has 5 aromatic carbocycles. The van der Waals surface area contributed by atoms with Crippen LogP contribution in [-0.4, -0.2) is 6.66 Å². The molecule has 0 aromatic heterocycles. The van der Waals surface area contributed by atoms with E-state index in [1.54, 1.807) is 0 Å². The van der Waals surface area contributed by atoms with E-state index in [9.17, 15) is 0 Å². The van der Waals surface area contributed by atoms with Crippen molar-refractivity contribution in [3.8, 4) is 0 Å². The Kier molecular flexibility index (Phi) is 6.98. The molecule has 0 aliphatic heterocycles. The van der Waals surface area contributed by atoms with Crippen molar-refractivity contribution in [2.24, 2.45) is 0 Å². The quantitative estimate of drug-likeness (QED) is 0.163. The van der Waals surface area contributed by atoms with Crippen LogP contribution in [0.15, 0.2) is 146 Å². The third-order valence-electron chi connectivity index (χ3n) is 6.46. The summed E-state index contributed by atoms with van der Waals surface area (Å²) in [5, 5.41) is 8.58. The van der Waals surface area contributed by atoms with Crippen LogP contribution in [0.1, 0.15) is 0 Å². The first-order valence-electron chi connectivity index (χ1n) is 11.4. The van der Waals surface area contributed by atoms with Crippen molar-refractivity contribution < 1.29 is 0 Å². The molecule has 0 aliphatic rings. The molecule has 5 aromatic rings. The van der Waals surface area contributed by atoms with Crippen LogP contribution < -0.4 is 31.8 Å². The molecule has 5 rings (SSSR count). The van der Waals surface area contributed by atoms with E-state index in [4.69, 9.17) is 0 Å². The number of hydrogen-bond donors (Lipinski definition) is 0. The average Bonchev–Trinajstić information content (AvgIpc) is 2.94. The predicted octanol–water partition coefficient (Wildman–Crippen LogP) is 6.25. The van der Waals surface area contributed by atoms with Gasteiger partial charge >= 0.3 is 0 Å². The molecule has 0 aliphatic carbocycles. The number of hydrogen-bond acceptors (Lipinski definition) is 0. The molecule has 34 heavy (non-hydrogen) atoms. The Labute approximate surface area is 217 Å². The highest BCUT2D eigenvalue weighted by molar-refractivity contribution is 14.2. The summed E-state index contributed by atoms with van der Waals surface area (Å²) in [7, 11) is -1.88. The van der Waals surface area contributed by atoms with Crippen LogP contribution in [0.4, 0.5) is 0 Å². The molecule has 0 saturated carbocycles. The summed E-state index contributed by atoms with van der Waals surface area (Å²) in [6, 6.07) is 53.6. The van der Waals surface area contributed by atoms with Gasteiger partial charge in [-0.2, -0.15) is 0 Å². The number of halogens is 1. The van der Waals surface area contributed by atoms with Crippen molar-refractivity contribution in [1.29, 1.82) is 0 Å². The lowest BCUT2D eigenvalue weighted by Crippen LogP contribution is -2.41. The molecular weight excluding hydrogens is 561 g/mol. The number of rotatable bonds is 6. The summed E-state index contributed by atoms with van der Waals surface area (Å²) in [5.41, 5.74) is 0. The summed E-state index contributed by atoms with van der Waals surface area (Å²) in [6.07, 6.45) is 0. The smallest absolute Gasteiger partial charge is 0.0620 e. The molecule has 0 atom stereocenters. The zero-order valence-corrected chi connectivity index (χ0v) is 23.1. The Morgan fingerprint density at radius 2 is 0.676 bits per heavy atom. The number of benzene rings is 5. The van der Waals surface area contributed by atoms with Crippen LogP contribution in [0.3, 0.4) is 0 Å². The van der Waals surface area contributed by atoms with Gasteiger partial charge in [-0.15, -0.1) is 0 Å². The molecule has 0 nitrogen and oxygen atoms in total. The Morgan fingerprint density at radius 3 is 1.06 bits per heavy atom. The third kappa shape index (κ3) is 4.16. The van der Waals surface area contributed by atoms with Gasteiger partial charge < -0.3 is 0 Å². The van der Waals surface area contributed by atoms with Crippen LogP contribution in [0, 0.1) is 0 Å². The summed E-state index contributed by atoms with van der Waals surface area (Å²) in [5.74, 6) is 0. The molecule has 0 saturated heterocycles. The Morgan fingerprint density at radius 1 is 0.382 bits per heavy atom. The zero-order chi connectivity index (χ0) is 23.4. The minimum Gasteiger partial charge on any atom is -0.0620 e. The Balaban J connectivity index is 1.85. The Bertz CT molecular complexity index is 1170. The van der Waals surface area contributed by atoms with Crippen LogP contribution in [-0.2, 0) is 0 Å². The van der Waals surface area contributed by atoms with E-state index < -0.39 is 12.2 Å². The van der Waals surface area contributed by atoms with Crippen LogP contribution >= 0.6 is 34.2 Å². The van der Waals surface area contributed by atoms with E-state index >= 15 is 0 Å². The normalized spacial score (nSPS) is 11.8. The molecule has 0 bridgehead atoms. The molecule has 0 fully saturated rings. The minimum atomic E-state index is -1.90. The maximum Gasteiger partial charge on any atom is 0.176 e. The van der Waals surface area contributed by atoms with E-state index in [1.165, 1.54) is 31.8 Å². The second-order valence-corrected chi connectivity index (χ2v) is 19.0. The van der Waals surface area contributed by atoms with Crippen LogP contribution in [0.2, 0.25) is 0 Å². The summed E-state index contributed by atoms with van der Waals surface area (Å²) < 4.78 is 0.